The van der Waals surface area contributed by atoms with Crippen LogP contribution in [0.3, 0.4) is 0 Å². The zero-order chi connectivity index (χ0) is 43.3. The van der Waals surface area contributed by atoms with Crippen molar-refractivity contribution >= 4 is 19.8 Å². The summed E-state index contributed by atoms with van der Waals surface area (Å²) in [5.74, 6) is -1.01. The molecular formula is C48H83O10P. The van der Waals surface area contributed by atoms with Gasteiger partial charge in [0.1, 0.15) is 12.7 Å². The summed E-state index contributed by atoms with van der Waals surface area (Å²) in [4.78, 5) is 35.0. The highest BCUT2D eigenvalue weighted by Gasteiger charge is 2.27. The van der Waals surface area contributed by atoms with Crippen molar-refractivity contribution < 1.29 is 47.8 Å². The molecule has 3 atom stereocenters. The van der Waals surface area contributed by atoms with Crippen molar-refractivity contribution in [2.75, 3.05) is 26.4 Å². The van der Waals surface area contributed by atoms with Crippen LogP contribution in [0.25, 0.3) is 0 Å². The van der Waals surface area contributed by atoms with Crippen LogP contribution < -0.4 is 0 Å². The maximum atomic E-state index is 12.6. The molecule has 59 heavy (non-hydrogen) atoms. The fourth-order valence-electron chi connectivity index (χ4n) is 5.80. The summed E-state index contributed by atoms with van der Waals surface area (Å²) in [6.45, 7) is 2.27. The minimum absolute atomic E-state index is 0.151. The van der Waals surface area contributed by atoms with Crippen LogP contribution in [0.4, 0.5) is 0 Å². The van der Waals surface area contributed by atoms with E-state index in [-0.39, 0.29) is 19.4 Å². The molecule has 0 radical (unpaired) electrons. The van der Waals surface area contributed by atoms with E-state index in [4.69, 9.17) is 19.1 Å². The quantitative estimate of drug-likeness (QED) is 0.0178. The number of aliphatic hydroxyl groups is 2. The predicted octanol–water partition coefficient (Wildman–Crippen LogP) is 12.4. The van der Waals surface area contributed by atoms with Gasteiger partial charge in [0, 0.05) is 12.8 Å². The fraction of sp³-hybridized carbons (Fsp3) is 0.708. The lowest BCUT2D eigenvalue weighted by molar-refractivity contribution is -0.161. The standard InChI is InChI=1S/C48H83O10P/c1-3-5-7-9-11-13-15-17-19-20-21-22-23-24-26-27-29-31-33-35-37-39-47(51)55-43-46(44-57-59(53,54)56-42-45(50)41-49)58-48(52)40-38-36-34-32-30-28-25-18-16-14-12-10-8-6-4-2/h14,16,18-20,22-23,25-27,31,33,45-46,49-50H,3-13,15,17,21,24,28-30,32,34-44H2,1-2H3,(H,53,54)/b16-14+,20-19+,23-22+,25-18+,27-26+,33-31+/t45-,46+/m1/s1. The number of phosphoric ester groups is 1. The van der Waals surface area contributed by atoms with E-state index in [9.17, 15) is 24.2 Å². The molecule has 10 nitrogen and oxygen atoms in total. The topological polar surface area (TPSA) is 149 Å². The summed E-state index contributed by atoms with van der Waals surface area (Å²) in [5, 5.41) is 18.3. The Kier molecular flexibility index (Phi) is 41.6. The van der Waals surface area contributed by atoms with Crippen LogP contribution in [0.5, 0.6) is 0 Å². The van der Waals surface area contributed by atoms with Gasteiger partial charge in [-0.2, -0.15) is 0 Å². The van der Waals surface area contributed by atoms with Gasteiger partial charge in [-0.05, 0) is 77.0 Å². The van der Waals surface area contributed by atoms with Crippen molar-refractivity contribution in [3.8, 4) is 0 Å². The summed E-state index contributed by atoms with van der Waals surface area (Å²) in [5.41, 5.74) is 0. The van der Waals surface area contributed by atoms with Gasteiger partial charge in [-0.1, -0.05) is 164 Å². The highest BCUT2D eigenvalue weighted by atomic mass is 31.2. The van der Waals surface area contributed by atoms with Crippen molar-refractivity contribution in [2.45, 2.75) is 193 Å². The van der Waals surface area contributed by atoms with E-state index in [2.05, 4.69) is 85.2 Å². The molecule has 0 aliphatic rings. The van der Waals surface area contributed by atoms with Crippen molar-refractivity contribution in [3.05, 3.63) is 72.9 Å². The van der Waals surface area contributed by atoms with Crippen molar-refractivity contribution in [1.29, 1.82) is 0 Å². The van der Waals surface area contributed by atoms with E-state index in [1.165, 1.54) is 77.0 Å². The molecule has 340 valence electrons. The normalized spacial score (nSPS) is 14.5. The molecule has 0 bridgehead atoms. The zero-order valence-corrected chi connectivity index (χ0v) is 37.8. The third kappa shape index (κ3) is 43.3. The summed E-state index contributed by atoms with van der Waals surface area (Å²) in [6, 6.07) is 0. The Bertz CT molecular complexity index is 1210. The Morgan fingerprint density at radius 3 is 1.49 bits per heavy atom. The van der Waals surface area contributed by atoms with Gasteiger partial charge in [-0.25, -0.2) is 4.57 Å². The maximum absolute atomic E-state index is 12.6. The molecule has 0 rings (SSSR count). The summed E-state index contributed by atoms with van der Waals surface area (Å²) in [7, 11) is -4.64. The van der Waals surface area contributed by atoms with Crippen LogP contribution in [0.1, 0.15) is 181 Å². The lowest BCUT2D eigenvalue weighted by atomic mass is 10.1. The number of aliphatic hydroxyl groups excluding tert-OH is 2. The second-order valence-electron chi connectivity index (χ2n) is 15.1. The first kappa shape index (κ1) is 56.4. The Morgan fingerprint density at radius 2 is 0.949 bits per heavy atom. The van der Waals surface area contributed by atoms with E-state index in [0.717, 1.165) is 57.8 Å². The van der Waals surface area contributed by atoms with E-state index in [1.54, 1.807) is 0 Å². The molecule has 11 heteroatoms. The van der Waals surface area contributed by atoms with E-state index in [1.807, 2.05) is 6.08 Å². The smallest absolute Gasteiger partial charge is 0.462 e. The molecule has 0 aliphatic carbocycles. The number of carbonyl (C=O) groups excluding carboxylic acids is 2. The third-order valence-corrected chi connectivity index (χ3v) is 10.3. The Morgan fingerprint density at radius 1 is 0.525 bits per heavy atom. The van der Waals surface area contributed by atoms with Gasteiger partial charge in [0.25, 0.3) is 0 Å². The second kappa shape index (κ2) is 43.5. The van der Waals surface area contributed by atoms with Crippen molar-refractivity contribution in [1.82, 2.24) is 0 Å². The van der Waals surface area contributed by atoms with Crippen LogP contribution in [0.2, 0.25) is 0 Å². The van der Waals surface area contributed by atoms with Crippen LogP contribution >= 0.6 is 7.82 Å². The molecule has 0 aromatic rings. The monoisotopic (exact) mass is 851 g/mol. The Balaban J connectivity index is 4.39. The van der Waals surface area contributed by atoms with Crippen molar-refractivity contribution in [2.24, 2.45) is 0 Å². The number of rotatable bonds is 42. The lowest BCUT2D eigenvalue weighted by Crippen LogP contribution is -2.29. The van der Waals surface area contributed by atoms with Crippen LogP contribution in [-0.4, -0.2) is 65.7 Å². The third-order valence-electron chi connectivity index (χ3n) is 9.36. The SMILES string of the molecule is CCCCCC/C=C/C=C/CCCCCCCC(=O)O[C@@H](COC(=O)CCC/C=C/C/C=C/C/C=C/C/C=C/CCCCCCCCC)COP(=O)(O)OC[C@H](O)CO. The predicted molar refractivity (Wildman–Crippen MR) is 242 cm³/mol. The van der Waals surface area contributed by atoms with Crippen LogP contribution in [0.15, 0.2) is 72.9 Å². The lowest BCUT2D eigenvalue weighted by Gasteiger charge is -2.20. The first-order valence-electron chi connectivity index (χ1n) is 22.9. The van der Waals surface area contributed by atoms with E-state index >= 15 is 0 Å². The number of unbranched alkanes of at least 4 members (excludes halogenated alkanes) is 17. The van der Waals surface area contributed by atoms with Crippen LogP contribution in [0, 0.1) is 0 Å². The molecule has 3 N–H and O–H groups in total. The molecule has 1 unspecified atom stereocenters. The molecular weight excluding hydrogens is 767 g/mol. The number of ether oxygens (including phenoxy) is 2. The van der Waals surface area contributed by atoms with Gasteiger partial charge in [-0.3, -0.25) is 18.6 Å². The van der Waals surface area contributed by atoms with Gasteiger partial charge in [-0.15, -0.1) is 0 Å². The van der Waals surface area contributed by atoms with E-state index in [0.29, 0.717) is 19.3 Å². The number of hydrogen-bond donors (Lipinski definition) is 3. The maximum Gasteiger partial charge on any atom is 0.472 e. The molecule has 0 heterocycles. The Labute approximate surface area is 358 Å². The molecule has 0 amide bonds. The molecule has 0 saturated carbocycles. The zero-order valence-electron chi connectivity index (χ0n) is 36.9. The van der Waals surface area contributed by atoms with Gasteiger partial charge < -0.3 is 24.6 Å². The molecule has 0 aliphatic heterocycles. The second-order valence-corrected chi connectivity index (χ2v) is 16.6. The fourth-order valence-corrected chi connectivity index (χ4v) is 6.59. The van der Waals surface area contributed by atoms with Gasteiger partial charge in [0.2, 0.25) is 0 Å². The van der Waals surface area contributed by atoms with Gasteiger partial charge in [0.05, 0.1) is 19.8 Å². The van der Waals surface area contributed by atoms with Crippen LogP contribution in [-0.2, 0) is 32.7 Å². The number of hydrogen-bond acceptors (Lipinski definition) is 9. The van der Waals surface area contributed by atoms with Gasteiger partial charge >= 0.3 is 19.8 Å². The molecule has 0 aromatic carbocycles. The molecule has 0 spiro atoms. The molecule has 0 fully saturated rings. The first-order valence-corrected chi connectivity index (χ1v) is 24.4. The summed E-state index contributed by atoms with van der Waals surface area (Å²) >= 11 is 0. The number of allylic oxidation sites excluding steroid dienone is 12. The largest absolute Gasteiger partial charge is 0.472 e. The molecule has 0 aromatic heterocycles. The number of carbonyl (C=O) groups is 2. The average molecular weight is 851 g/mol. The highest BCUT2D eigenvalue weighted by Crippen LogP contribution is 2.43. The minimum Gasteiger partial charge on any atom is -0.462 e. The van der Waals surface area contributed by atoms with Crippen molar-refractivity contribution in [3.63, 3.8) is 0 Å². The molecule has 0 saturated heterocycles. The summed E-state index contributed by atoms with van der Waals surface area (Å²) < 4.78 is 32.7. The first-order chi connectivity index (χ1) is 28.7. The number of esters is 2. The minimum atomic E-state index is -4.64. The summed E-state index contributed by atoms with van der Waals surface area (Å²) in [6.07, 6.45) is 50.2. The Hall–Kier alpha value is -2.59. The highest BCUT2D eigenvalue weighted by molar-refractivity contribution is 7.47. The van der Waals surface area contributed by atoms with E-state index < -0.39 is 51.8 Å². The number of phosphoric acid groups is 1. The average Bonchev–Trinajstić information content (AvgIpc) is 3.22. The van der Waals surface area contributed by atoms with Gasteiger partial charge in [0.15, 0.2) is 6.10 Å².